The fourth-order valence-corrected chi connectivity index (χ4v) is 9.34. The van der Waals surface area contributed by atoms with Crippen LogP contribution in [0.15, 0.2) is 44.2 Å². The number of fused-ring (bicyclic) bond motifs is 1. The number of methoxy groups -OCH3 is 3. The van der Waals surface area contributed by atoms with E-state index in [0.29, 0.717) is 55.1 Å². The van der Waals surface area contributed by atoms with Crippen LogP contribution in [0.1, 0.15) is 89.1 Å². The number of hydrogen-bond acceptors (Lipinski definition) is 25. The molecule has 40 heteroatoms. The number of anilines is 1. The molecule has 4 aromatic rings. The number of phosphoric acid groups is 3. The number of imidazole rings is 1. The molecule has 7 N–H and O–H groups in total. The van der Waals surface area contributed by atoms with E-state index in [1.807, 2.05) is 13.8 Å². The maximum absolute atomic E-state index is 12.3. The van der Waals surface area contributed by atoms with Crippen molar-refractivity contribution in [3.8, 4) is 11.8 Å². The van der Waals surface area contributed by atoms with Crippen molar-refractivity contribution in [2.24, 2.45) is 0 Å². The normalized spacial score (nSPS) is 23.6. The van der Waals surface area contributed by atoms with Gasteiger partial charge in [-0.05, 0) is 19.8 Å². The minimum Gasteiger partial charge on any atom is -0.756 e. The first-order chi connectivity index (χ1) is 38.8. The predicted octanol–water partition coefficient (Wildman–Crippen LogP) is -2.10. The molecule has 0 saturated carbocycles. The minimum absolute atomic E-state index is 0. The van der Waals surface area contributed by atoms with E-state index in [1.165, 1.54) is 44.6 Å². The summed E-state index contributed by atoms with van der Waals surface area (Å²) in [6.45, 7) is 6.08. The largest absolute Gasteiger partial charge is 0.756 e. The smallest absolute Gasteiger partial charge is 0.330 e. The van der Waals surface area contributed by atoms with E-state index in [-0.39, 0.29) is 142 Å². The van der Waals surface area contributed by atoms with Crippen LogP contribution in [0.3, 0.4) is 0 Å². The number of aromatic nitrogens is 8. The number of carbonyl (C=O) groups excluding carboxylic acids is 1. The number of hydrogen-bond donors (Lipinski definition) is 7. The van der Waals surface area contributed by atoms with Crippen molar-refractivity contribution in [2.75, 3.05) is 72.8 Å². The van der Waals surface area contributed by atoms with Gasteiger partial charge in [0.2, 0.25) is 5.91 Å². The molecular formula is C45H66N10O24P3Y3-3. The summed E-state index contributed by atoms with van der Waals surface area (Å²) in [6, 6.07) is 0. The molecule has 12 atom stereocenters. The Kier molecular flexibility index (Phi) is 35.5. The zero-order valence-corrected chi connectivity index (χ0v) is 58.3. The first-order valence-electron chi connectivity index (χ1n) is 25.4. The number of aromatic amines is 2. The Labute approximate surface area is 561 Å². The fraction of sp³-hybridized carbons (Fsp3) is 0.644. The van der Waals surface area contributed by atoms with E-state index in [0.717, 1.165) is 17.4 Å². The third-order valence-corrected chi connectivity index (χ3v) is 13.8. The van der Waals surface area contributed by atoms with Crippen LogP contribution in [-0.2, 0) is 170 Å². The Hall–Kier alpha value is -1.90. The summed E-state index contributed by atoms with van der Waals surface area (Å²) in [7, 11) is -10.4. The molecule has 3 fully saturated rings. The zero-order valence-electron chi connectivity index (χ0n) is 47.1. The average molecular weight is 1490 g/mol. The number of phosphoric ester groups is 3. The van der Waals surface area contributed by atoms with Gasteiger partial charge in [-0.3, -0.25) is 51.7 Å². The van der Waals surface area contributed by atoms with Crippen molar-refractivity contribution in [2.45, 2.75) is 121 Å². The van der Waals surface area contributed by atoms with Gasteiger partial charge in [-0.25, -0.2) is 24.5 Å². The molecule has 3 aliphatic heterocycles. The van der Waals surface area contributed by atoms with Crippen molar-refractivity contribution in [3.05, 3.63) is 77.9 Å². The number of nitrogens with one attached hydrogen (secondary N) is 4. The Balaban J connectivity index is 0.000000437. The molecule has 467 valence electrons. The molecular weight excluding hydrogens is 1420 g/mol. The molecule has 3 saturated heterocycles. The van der Waals surface area contributed by atoms with Crippen LogP contribution in [-0.4, -0.2) is 163 Å². The number of amides is 1. The van der Waals surface area contributed by atoms with E-state index < -0.39 is 114 Å². The van der Waals surface area contributed by atoms with E-state index in [9.17, 15) is 52.3 Å². The number of aryl methyl sites for hydroxylation is 1. The van der Waals surface area contributed by atoms with E-state index in [4.69, 9.17) is 47.8 Å². The topological polar surface area (TPSA) is 468 Å². The van der Waals surface area contributed by atoms with Crippen molar-refractivity contribution < 1.29 is 193 Å². The van der Waals surface area contributed by atoms with Crippen LogP contribution in [0.5, 0.6) is 0 Å². The predicted molar refractivity (Wildman–Crippen MR) is 277 cm³/mol. The summed E-state index contributed by atoms with van der Waals surface area (Å²) in [4.78, 5) is 135. The summed E-state index contributed by atoms with van der Waals surface area (Å²) >= 11 is 0. The summed E-state index contributed by atoms with van der Waals surface area (Å²) in [5.74, 6) is 5.64. The molecule has 0 aliphatic carbocycles. The summed E-state index contributed by atoms with van der Waals surface area (Å²) in [6.07, 6.45) is 3.07. The van der Waals surface area contributed by atoms with Crippen LogP contribution in [0, 0.1) is 11.8 Å². The number of carbonyl (C=O) groups is 1. The van der Waals surface area contributed by atoms with E-state index >= 15 is 0 Å². The second-order valence-electron chi connectivity index (χ2n) is 18.0. The number of unbranched alkanes of at least 4 members (excludes halogenated alkanes) is 1. The molecule has 10 unspecified atom stereocenters. The molecule has 0 bridgehead atoms. The first-order valence-corrected chi connectivity index (χ1v) is 29.8. The maximum Gasteiger partial charge on any atom is 0.330 e. The zero-order chi connectivity index (χ0) is 60.4. The second-order valence-corrected chi connectivity index (χ2v) is 21.6. The van der Waals surface area contributed by atoms with Crippen molar-refractivity contribution in [1.29, 1.82) is 0 Å². The molecule has 3 aliphatic rings. The van der Waals surface area contributed by atoms with Crippen LogP contribution in [0.2, 0.25) is 0 Å². The fourth-order valence-electron chi connectivity index (χ4n) is 8.34. The quantitative estimate of drug-likeness (QED) is 0.0212. The summed E-state index contributed by atoms with van der Waals surface area (Å²) in [5.41, 5.74) is -0.976. The molecule has 34 nitrogen and oxygen atoms in total. The number of ether oxygens (including phenoxy) is 7. The molecule has 85 heavy (non-hydrogen) atoms. The molecule has 7 rings (SSSR count). The van der Waals surface area contributed by atoms with Gasteiger partial charge in [0.1, 0.15) is 48.9 Å². The Morgan fingerprint density at radius 3 is 1.66 bits per heavy atom. The van der Waals surface area contributed by atoms with Gasteiger partial charge in [-0.2, -0.15) is 0 Å². The molecule has 1 amide bonds. The van der Waals surface area contributed by atoms with Gasteiger partial charge in [-0.1, -0.05) is 32.1 Å². The molecule has 7 heterocycles. The monoisotopic (exact) mass is 1490 g/mol. The van der Waals surface area contributed by atoms with Crippen LogP contribution in [0.25, 0.3) is 11.2 Å². The van der Waals surface area contributed by atoms with Gasteiger partial charge in [0.15, 0.2) is 17.0 Å². The number of rotatable bonds is 25. The molecule has 0 aromatic carbocycles. The Bertz CT molecular complexity index is 3200. The van der Waals surface area contributed by atoms with Crippen molar-refractivity contribution in [3.63, 3.8) is 0 Å². The molecule has 0 spiro atoms. The van der Waals surface area contributed by atoms with Crippen LogP contribution < -0.4 is 47.8 Å². The number of nitrogens with zero attached hydrogens (tertiary/aromatic N) is 6. The van der Waals surface area contributed by atoms with Crippen LogP contribution in [0.4, 0.5) is 5.82 Å². The minimum atomic E-state index is -4.96. The summed E-state index contributed by atoms with van der Waals surface area (Å²) < 4.78 is 87.7. The van der Waals surface area contributed by atoms with Gasteiger partial charge in [0, 0.05) is 176 Å². The maximum atomic E-state index is 12.3. The van der Waals surface area contributed by atoms with E-state index in [2.05, 4.69) is 61.0 Å². The van der Waals surface area contributed by atoms with Crippen LogP contribution >= 0.6 is 23.5 Å². The van der Waals surface area contributed by atoms with Gasteiger partial charge >= 0.3 is 11.4 Å². The van der Waals surface area contributed by atoms with E-state index in [1.54, 1.807) is 17.8 Å². The van der Waals surface area contributed by atoms with Crippen molar-refractivity contribution >= 4 is 46.4 Å². The number of H-pyrrole nitrogens is 2. The Morgan fingerprint density at radius 2 is 1.20 bits per heavy atom. The summed E-state index contributed by atoms with van der Waals surface area (Å²) in [5, 5.41) is 5.71. The molecule has 3 radical (unpaired) electrons. The van der Waals surface area contributed by atoms with Crippen molar-refractivity contribution in [1.82, 2.24) is 43.9 Å². The molecule has 4 aromatic heterocycles. The van der Waals surface area contributed by atoms with Gasteiger partial charge < -0.3 is 86.7 Å². The van der Waals surface area contributed by atoms with Gasteiger partial charge in [0.05, 0.1) is 57.6 Å². The second kappa shape index (κ2) is 38.1. The first kappa shape index (κ1) is 79.2. The third kappa shape index (κ3) is 25.4. The SMILES string of the molecule is CCCCOCCC(=O)NCC#Cc1cn(C2CC(OC)C(COP(=O)([O-])O)O2)c(=O)[nH]c1=O.CCNc1ncnc2c1ncn2C1CC(OC)C(COP(=O)([O-])O)O1.CCc1cn([C@H]2CC(OC)[C@@H](COP(=O)([O-])O)O2)c(=O)[nH]c1=O.[Y].[Y].[Y]. The standard InChI is InChI=1S/C20H30N3O10P.C13H20N5O6P.C12H19N2O8P.3Y/c1-3-4-9-31-10-7-17(24)21-8-5-6-14-12-23(20(26)22-19(14)25)18-11-15(30-2)16(33-18)13-32-34(27,28)29;1-3-14-12-11-13(16-6-15-12)18(7-17-11)10-4-8(22-2)9(24-10)5-23-25(19,20)21;1-3-7-5-14(12(16)13-11(7)15)10-4-8(20-2)9(22-10)6-21-23(17,18)19;;;/h12,15-16,18H,3-4,7-11,13H2,1-2H3,(H,21,24)(H,22,25,26)(H2,27,28,29);6-10H,3-5H2,1-2H3,(H,14,15,16)(H2,19,20,21);5,8-10H,3-4,6H2,1-2H3,(H,13,15,16)(H2,17,18,19);;;/p-3/t;;8?,9-,10-;;;/m..1.../s1. The third-order valence-electron chi connectivity index (χ3n) is 12.4. The van der Waals surface area contributed by atoms with Gasteiger partial charge in [-0.15, -0.1) is 0 Å². The Morgan fingerprint density at radius 1 is 0.718 bits per heavy atom. The average Bonchev–Trinajstić information content (AvgIpc) is 3.43. The van der Waals surface area contributed by atoms with Gasteiger partial charge in [0.25, 0.3) is 34.6 Å².